The Morgan fingerprint density at radius 2 is 2.39 bits per heavy atom. The van der Waals surface area contributed by atoms with Crippen LogP contribution >= 0.6 is 0 Å². The van der Waals surface area contributed by atoms with E-state index < -0.39 is 6.10 Å². The molecule has 0 saturated carbocycles. The molecule has 2 unspecified atom stereocenters. The first kappa shape index (κ1) is 13.3. The number of aliphatic hydroxyl groups excluding tert-OH is 1. The fraction of sp³-hybridized carbons (Fsp3) is 0.571. The van der Waals surface area contributed by atoms with Crippen LogP contribution < -0.4 is 10.1 Å². The third kappa shape index (κ3) is 3.70. The molecule has 4 nitrogen and oxygen atoms in total. The lowest BCUT2D eigenvalue weighted by Crippen LogP contribution is -2.36. The van der Waals surface area contributed by atoms with Gasteiger partial charge in [-0.05, 0) is 37.1 Å². The molecule has 0 radical (unpaired) electrons. The molecule has 1 aromatic carbocycles. The van der Waals surface area contributed by atoms with Crippen molar-refractivity contribution in [1.29, 1.82) is 0 Å². The molecule has 1 aromatic rings. The van der Waals surface area contributed by atoms with Crippen LogP contribution in [0.1, 0.15) is 24.5 Å². The van der Waals surface area contributed by atoms with E-state index in [4.69, 9.17) is 9.47 Å². The summed E-state index contributed by atoms with van der Waals surface area (Å²) in [6.07, 6.45) is 1.83. The number of piperidine rings is 1. The zero-order valence-electron chi connectivity index (χ0n) is 10.8. The van der Waals surface area contributed by atoms with Gasteiger partial charge in [0.05, 0.1) is 19.8 Å². The number of benzene rings is 1. The molecule has 1 saturated heterocycles. The Bertz CT molecular complexity index is 364. The van der Waals surface area contributed by atoms with E-state index in [1.54, 1.807) is 7.11 Å². The van der Waals surface area contributed by atoms with Gasteiger partial charge in [-0.3, -0.25) is 0 Å². The van der Waals surface area contributed by atoms with E-state index in [1.165, 1.54) is 0 Å². The van der Waals surface area contributed by atoms with E-state index in [-0.39, 0.29) is 6.10 Å². The molecule has 0 aromatic heterocycles. The van der Waals surface area contributed by atoms with Crippen LogP contribution in [0.3, 0.4) is 0 Å². The smallest absolute Gasteiger partial charge is 0.119 e. The first-order valence-corrected chi connectivity index (χ1v) is 6.44. The number of nitrogens with one attached hydrogen (secondary N) is 1. The fourth-order valence-corrected chi connectivity index (χ4v) is 2.13. The summed E-state index contributed by atoms with van der Waals surface area (Å²) in [5.41, 5.74) is 0.832. The molecule has 0 aliphatic carbocycles. The van der Waals surface area contributed by atoms with Gasteiger partial charge in [-0.2, -0.15) is 0 Å². The Labute approximate surface area is 108 Å². The van der Waals surface area contributed by atoms with Crippen molar-refractivity contribution in [2.45, 2.75) is 25.0 Å². The molecule has 0 amide bonds. The molecule has 1 aliphatic rings. The molecule has 2 rings (SSSR count). The molecule has 1 heterocycles. The first-order chi connectivity index (χ1) is 8.79. The maximum absolute atomic E-state index is 10.1. The third-order valence-corrected chi connectivity index (χ3v) is 3.22. The molecule has 1 fully saturated rings. The molecule has 18 heavy (non-hydrogen) atoms. The van der Waals surface area contributed by atoms with Gasteiger partial charge in [0.15, 0.2) is 0 Å². The van der Waals surface area contributed by atoms with Gasteiger partial charge in [0.1, 0.15) is 11.9 Å². The van der Waals surface area contributed by atoms with Crippen molar-refractivity contribution >= 4 is 0 Å². The summed E-state index contributed by atoms with van der Waals surface area (Å²) in [6, 6.07) is 7.46. The third-order valence-electron chi connectivity index (χ3n) is 3.22. The highest BCUT2D eigenvalue weighted by Gasteiger charge is 2.16. The second-order valence-electron chi connectivity index (χ2n) is 4.59. The fourth-order valence-electron chi connectivity index (χ4n) is 2.13. The van der Waals surface area contributed by atoms with Crippen LogP contribution in [0, 0.1) is 0 Å². The predicted octanol–water partition coefficient (Wildman–Crippen LogP) is 1.50. The van der Waals surface area contributed by atoms with E-state index in [0.29, 0.717) is 6.61 Å². The van der Waals surface area contributed by atoms with Crippen molar-refractivity contribution < 1.29 is 14.6 Å². The van der Waals surface area contributed by atoms with Crippen LogP contribution in [0.15, 0.2) is 24.3 Å². The number of hydrogen-bond acceptors (Lipinski definition) is 4. The Hall–Kier alpha value is -1.10. The second kappa shape index (κ2) is 6.73. The summed E-state index contributed by atoms with van der Waals surface area (Å²) in [5, 5.41) is 13.4. The van der Waals surface area contributed by atoms with Crippen molar-refractivity contribution in [2.75, 3.05) is 26.8 Å². The number of ether oxygens (including phenoxy) is 2. The average Bonchev–Trinajstić information content (AvgIpc) is 2.46. The van der Waals surface area contributed by atoms with Gasteiger partial charge in [-0.15, -0.1) is 0 Å². The van der Waals surface area contributed by atoms with Crippen molar-refractivity contribution in [2.24, 2.45) is 0 Å². The zero-order valence-corrected chi connectivity index (χ0v) is 10.8. The summed E-state index contributed by atoms with van der Waals surface area (Å²) in [5.74, 6) is 0.755. The predicted molar refractivity (Wildman–Crippen MR) is 69.8 cm³/mol. The molecular formula is C14H21NO3. The number of rotatable bonds is 5. The quantitative estimate of drug-likeness (QED) is 0.832. The van der Waals surface area contributed by atoms with Gasteiger partial charge in [-0.1, -0.05) is 12.1 Å². The van der Waals surface area contributed by atoms with Gasteiger partial charge in [-0.25, -0.2) is 0 Å². The summed E-state index contributed by atoms with van der Waals surface area (Å²) >= 11 is 0. The highest BCUT2D eigenvalue weighted by atomic mass is 16.5. The summed E-state index contributed by atoms with van der Waals surface area (Å²) in [4.78, 5) is 0. The van der Waals surface area contributed by atoms with E-state index in [1.807, 2.05) is 24.3 Å². The normalized spacial score (nSPS) is 21.6. The topological polar surface area (TPSA) is 50.7 Å². The van der Waals surface area contributed by atoms with E-state index in [9.17, 15) is 5.11 Å². The maximum Gasteiger partial charge on any atom is 0.119 e. The lowest BCUT2D eigenvalue weighted by Gasteiger charge is -2.24. The van der Waals surface area contributed by atoms with Crippen molar-refractivity contribution in [3.8, 4) is 5.75 Å². The minimum Gasteiger partial charge on any atom is -0.497 e. The van der Waals surface area contributed by atoms with Crippen molar-refractivity contribution in [3.63, 3.8) is 0 Å². The standard InChI is InChI=1S/C14H21NO3/c1-17-12-5-2-4-11(8-12)14(16)10-18-13-6-3-7-15-9-13/h2,4-5,8,13-16H,3,6-7,9-10H2,1H3. The summed E-state index contributed by atoms with van der Waals surface area (Å²) in [7, 11) is 1.62. The van der Waals surface area contributed by atoms with E-state index >= 15 is 0 Å². The molecular weight excluding hydrogens is 230 g/mol. The van der Waals surface area contributed by atoms with Gasteiger partial charge in [0.25, 0.3) is 0 Å². The largest absolute Gasteiger partial charge is 0.497 e. The molecule has 4 heteroatoms. The Morgan fingerprint density at radius 3 is 3.11 bits per heavy atom. The average molecular weight is 251 g/mol. The molecule has 2 atom stereocenters. The number of aliphatic hydroxyl groups is 1. The van der Waals surface area contributed by atoms with Gasteiger partial charge >= 0.3 is 0 Å². The molecule has 0 bridgehead atoms. The lowest BCUT2D eigenvalue weighted by atomic mass is 10.1. The van der Waals surface area contributed by atoms with Crippen LogP contribution in [-0.2, 0) is 4.74 Å². The zero-order chi connectivity index (χ0) is 12.8. The number of hydrogen-bond donors (Lipinski definition) is 2. The lowest BCUT2D eigenvalue weighted by molar-refractivity contribution is -0.0189. The van der Waals surface area contributed by atoms with Crippen molar-refractivity contribution in [1.82, 2.24) is 5.32 Å². The van der Waals surface area contributed by atoms with Crippen LogP contribution in [0.4, 0.5) is 0 Å². The minimum absolute atomic E-state index is 0.221. The molecule has 1 aliphatic heterocycles. The Balaban J connectivity index is 1.84. The number of methoxy groups -OCH3 is 1. The van der Waals surface area contributed by atoms with Gasteiger partial charge < -0.3 is 19.9 Å². The monoisotopic (exact) mass is 251 g/mol. The Kier molecular flexibility index (Phi) is 4.99. The minimum atomic E-state index is -0.595. The molecule has 100 valence electrons. The molecule has 2 N–H and O–H groups in total. The maximum atomic E-state index is 10.1. The highest BCUT2D eigenvalue weighted by Crippen LogP contribution is 2.20. The SMILES string of the molecule is COc1cccc(C(O)COC2CCCNC2)c1. The summed E-state index contributed by atoms with van der Waals surface area (Å²) < 4.78 is 10.9. The van der Waals surface area contributed by atoms with Crippen LogP contribution in [0.25, 0.3) is 0 Å². The van der Waals surface area contributed by atoms with Gasteiger partial charge in [0.2, 0.25) is 0 Å². The van der Waals surface area contributed by atoms with Gasteiger partial charge in [0, 0.05) is 6.54 Å². The van der Waals surface area contributed by atoms with E-state index in [2.05, 4.69) is 5.32 Å². The first-order valence-electron chi connectivity index (χ1n) is 6.44. The Morgan fingerprint density at radius 1 is 1.50 bits per heavy atom. The van der Waals surface area contributed by atoms with Crippen LogP contribution in [0.2, 0.25) is 0 Å². The second-order valence-corrected chi connectivity index (χ2v) is 4.59. The van der Waals surface area contributed by atoms with Crippen LogP contribution in [-0.4, -0.2) is 38.0 Å². The molecule has 0 spiro atoms. The van der Waals surface area contributed by atoms with Crippen molar-refractivity contribution in [3.05, 3.63) is 29.8 Å². The highest BCUT2D eigenvalue weighted by molar-refractivity contribution is 5.29. The summed E-state index contributed by atoms with van der Waals surface area (Å²) in [6.45, 7) is 2.28. The van der Waals surface area contributed by atoms with Crippen LogP contribution in [0.5, 0.6) is 5.75 Å². The van der Waals surface area contributed by atoms with E-state index in [0.717, 1.165) is 37.2 Å².